The summed E-state index contributed by atoms with van der Waals surface area (Å²) >= 11 is 0. The number of hydrogen-bond acceptors (Lipinski definition) is 4. The smallest absolute Gasteiger partial charge is 0.274 e. The number of nitrogens with zero attached hydrogens (tertiary/aromatic N) is 1. The standard InChI is InChI=1S/C8H13N3O3/c9-5-7(14)6(13)4(3-12)11-2-1-10-8(5)11/h1-2,4-7,12-14H,3,9H2/p+1/t4-,5+,6-,7-/m1/s1. The minimum absolute atomic E-state index is 0.236. The zero-order valence-electron chi connectivity index (χ0n) is 7.54. The Morgan fingerprint density at radius 3 is 2.79 bits per heavy atom. The average molecular weight is 200 g/mol. The number of nitrogens with two attached hydrogens (primary N) is 1. The number of nitrogens with one attached hydrogen (secondary N) is 1. The molecule has 2 rings (SSSR count). The summed E-state index contributed by atoms with van der Waals surface area (Å²) in [6.45, 7) is -0.236. The second kappa shape index (κ2) is 3.32. The van der Waals surface area contributed by atoms with Crippen molar-refractivity contribution in [3.05, 3.63) is 18.2 Å². The zero-order chi connectivity index (χ0) is 10.3. The molecule has 0 aliphatic carbocycles. The third-order valence-corrected chi connectivity index (χ3v) is 2.72. The Balaban J connectivity index is 2.44. The van der Waals surface area contributed by atoms with E-state index >= 15 is 0 Å². The molecular formula is C8H14N3O3+. The van der Waals surface area contributed by atoms with Crippen LogP contribution in [-0.4, -0.2) is 39.1 Å². The third-order valence-electron chi connectivity index (χ3n) is 2.72. The largest absolute Gasteiger partial charge is 0.392 e. The molecule has 0 fully saturated rings. The monoisotopic (exact) mass is 200 g/mol. The van der Waals surface area contributed by atoms with Gasteiger partial charge in [0.1, 0.15) is 30.6 Å². The van der Waals surface area contributed by atoms with Crippen LogP contribution in [0.2, 0.25) is 0 Å². The number of aromatic nitrogens is 2. The van der Waals surface area contributed by atoms with Crippen molar-refractivity contribution in [2.75, 3.05) is 6.61 Å². The Labute approximate surface area is 80.6 Å². The van der Waals surface area contributed by atoms with Crippen LogP contribution < -0.4 is 10.3 Å². The van der Waals surface area contributed by atoms with E-state index in [1.807, 2.05) is 0 Å². The normalized spacial score (nSPS) is 36.9. The minimum Gasteiger partial charge on any atom is -0.392 e. The predicted molar refractivity (Wildman–Crippen MR) is 46.1 cm³/mol. The van der Waals surface area contributed by atoms with Crippen LogP contribution in [0.1, 0.15) is 17.9 Å². The van der Waals surface area contributed by atoms with Crippen molar-refractivity contribution in [3.63, 3.8) is 0 Å². The number of imidazole rings is 1. The summed E-state index contributed by atoms with van der Waals surface area (Å²) in [5.74, 6) is 0.613. The summed E-state index contributed by atoms with van der Waals surface area (Å²) in [5.41, 5.74) is 5.70. The first-order valence-electron chi connectivity index (χ1n) is 4.47. The fraction of sp³-hybridized carbons (Fsp3) is 0.625. The SMILES string of the molecule is N[C@@H]1c2[nH]cc[n+]2[C@H](CO)[C@@H](O)[C@@H]1O. The fourth-order valence-corrected chi connectivity index (χ4v) is 1.88. The van der Waals surface area contributed by atoms with E-state index in [2.05, 4.69) is 4.98 Å². The van der Waals surface area contributed by atoms with Gasteiger partial charge in [0.05, 0.1) is 6.61 Å². The van der Waals surface area contributed by atoms with E-state index in [9.17, 15) is 10.2 Å². The van der Waals surface area contributed by atoms with Crippen LogP contribution in [0.15, 0.2) is 12.4 Å². The van der Waals surface area contributed by atoms with Gasteiger partial charge in [-0.25, -0.2) is 9.55 Å². The summed E-state index contributed by atoms with van der Waals surface area (Å²) in [6.07, 6.45) is 1.25. The molecule has 6 nitrogen and oxygen atoms in total. The van der Waals surface area contributed by atoms with Gasteiger partial charge >= 0.3 is 0 Å². The van der Waals surface area contributed by atoms with Gasteiger partial charge < -0.3 is 21.1 Å². The van der Waals surface area contributed by atoms with Crippen LogP contribution >= 0.6 is 0 Å². The number of hydrogen-bond donors (Lipinski definition) is 5. The van der Waals surface area contributed by atoms with E-state index in [1.54, 1.807) is 17.0 Å². The molecule has 14 heavy (non-hydrogen) atoms. The molecule has 1 aliphatic heterocycles. The van der Waals surface area contributed by atoms with Gasteiger partial charge in [-0.2, -0.15) is 0 Å². The first-order chi connectivity index (χ1) is 6.66. The Kier molecular flexibility index (Phi) is 2.28. The average Bonchev–Trinajstić information content (AvgIpc) is 2.64. The van der Waals surface area contributed by atoms with Crippen LogP contribution in [0, 0.1) is 0 Å². The zero-order valence-corrected chi connectivity index (χ0v) is 7.54. The van der Waals surface area contributed by atoms with Crippen LogP contribution in [0.4, 0.5) is 0 Å². The molecule has 4 atom stereocenters. The van der Waals surface area contributed by atoms with Gasteiger partial charge in [-0.15, -0.1) is 0 Å². The Bertz CT molecular complexity index is 327. The quantitative estimate of drug-likeness (QED) is 0.325. The molecule has 0 saturated heterocycles. The Morgan fingerprint density at radius 2 is 2.14 bits per heavy atom. The molecule has 6 heteroatoms. The molecule has 1 aromatic heterocycles. The number of aliphatic hydroxyl groups is 3. The predicted octanol–water partition coefficient (Wildman–Crippen LogP) is -2.43. The summed E-state index contributed by atoms with van der Waals surface area (Å²) in [4.78, 5) is 2.88. The van der Waals surface area contributed by atoms with Gasteiger partial charge in [0.25, 0.3) is 5.82 Å². The molecule has 0 amide bonds. The van der Waals surface area contributed by atoms with Gasteiger partial charge in [-0.3, -0.25) is 0 Å². The fourth-order valence-electron chi connectivity index (χ4n) is 1.88. The summed E-state index contributed by atoms with van der Waals surface area (Å²) in [7, 11) is 0. The second-order valence-corrected chi connectivity index (χ2v) is 3.51. The molecule has 0 radical (unpaired) electrons. The number of H-pyrrole nitrogens is 1. The lowest BCUT2D eigenvalue weighted by molar-refractivity contribution is -0.747. The maximum Gasteiger partial charge on any atom is 0.274 e. The summed E-state index contributed by atoms with van der Waals surface area (Å²) in [6, 6.07) is -1.19. The van der Waals surface area contributed by atoms with E-state index in [-0.39, 0.29) is 6.61 Å². The van der Waals surface area contributed by atoms with E-state index in [1.165, 1.54) is 0 Å². The molecule has 78 valence electrons. The number of fused-ring (bicyclic) bond motifs is 1. The van der Waals surface area contributed by atoms with Gasteiger partial charge in [-0.05, 0) is 0 Å². The molecule has 6 N–H and O–H groups in total. The van der Waals surface area contributed by atoms with Gasteiger partial charge in [-0.1, -0.05) is 0 Å². The van der Waals surface area contributed by atoms with Crippen molar-refractivity contribution in [2.45, 2.75) is 24.3 Å². The Hall–Kier alpha value is -0.950. The van der Waals surface area contributed by atoms with Crippen LogP contribution in [-0.2, 0) is 0 Å². The summed E-state index contributed by atoms with van der Waals surface area (Å²) in [5, 5.41) is 28.3. The molecule has 0 spiro atoms. The lowest BCUT2D eigenvalue weighted by Gasteiger charge is -2.31. The van der Waals surface area contributed by atoms with Gasteiger partial charge in [0.15, 0.2) is 6.04 Å². The maximum absolute atomic E-state index is 9.65. The molecule has 0 aromatic carbocycles. The molecular weight excluding hydrogens is 186 g/mol. The minimum atomic E-state index is -1.05. The van der Waals surface area contributed by atoms with E-state index in [0.717, 1.165) is 0 Å². The molecule has 2 heterocycles. The van der Waals surface area contributed by atoms with Crippen molar-refractivity contribution in [1.29, 1.82) is 0 Å². The van der Waals surface area contributed by atoms with Crippen molar-refractivity contribution in [1.82, 2.24) is 4.98 Å². The first-order valence-corrected chi connectivity index (χ1v) is 4.47. The second-order valence-electron chi connectivity index (χ2n) is 3.51. The lowest BCUT2D eigenvalue weighted by Crippen LogP contribution is -2.61. The maximum atomic E-state index is 9.65. The van der Waals surface area contributed by atoms with Crippen LogP contribution in [0.3, 0.4) is 0 Å². The Morgan fingerprint density at radius 1 is 1.43 bits per heavy atom. The molecule has 1 aliphatic rings. The topological polar surface area (TPSA) is 106 Å². The molecule has 0 unspecified atom stereocenters. The van der Waals surface area contributed by atoms with Crippen molar-refractivity contribution < 1.29 is 19.9 Å². The lowest BCUT2D eigenvalue weighted by atomic mass is 9.95. The third kappa shape index (κ3) is 1.16. The summed E-state index contributed by atoms with van der Waals surface area (Å²) < 4.78 is 1.65. The van der Waals surface area contributed by atoms with Crippen molar-refractivity contribution in [3.8, 4) is 0 Å². The van der Waals surface area contributed by atoms with Gasteiger partial charge in [0, 0.05) is 0 Å². The highest BCUT2D eigenvalue weighted by Crippen LogP contribution is 2.23. The van der Waals surface area contributed by atoms with E-state index in [0.29, 0.717) is 5.82 Å². The molecule has 0 saturated carbocycles. The van der Waals surface area contributed by atoms with E-state index < -0.39 is 24.3 Å². The van der Waals surface area contributed by atoms with Crippen molar-refractivity contribution >= 4 is 0 Å². The number of aliphatic hydroxyl groups excluding tert-OH is 3. The van der Waals surface area contributed by atoms with Gasteiger partial charge in [0.2, 0.25) is 0 Å². The molecule has 1 aromatic rings. The highest BCUT2D eigenvalue weighted by molar-refractivity contribution is 4.98. The van der Waals surface area contributed by atoms with Crippen LogP contribution in [0.5, 0.6) is 0 Å². The van der Waals surface area contributed by atoms with E-state index in [4.69, 9.17) is 10.8 Å². The number of aromatic amines is 1. The highest BCUT2D eigenvalue weighted by atomic mass is 16.3. The highest BCUT2D eigenvalue weighted by Gasteiger charge is 2.44. The van der Waals surface area contributed by atoms with Crippen molar-refractivity contribution in [2.24, 2.45) is 5.73 Å². The first kappa shape index (κ1) is 9.60. The van der Waals surface area contributed by atoms with Crippen LogP contribution in [0.25, 0.3) is 0 Å². The molecule has 0 bridgehead atoms. The number of rotatable bonds is 1.